The van der Waals surface area contributed by atoms with E-state index >= 15 is 0 Å². The third-order valence-electron chi connectivity index (χ3n) is 2.88. The molecule has 21 heavy (non-hydrogen) atoms. The van der Waals surface area contributed by atoms with Crippen LogP contribution in [0.15, 0.2) is 35.5 Å². The molecular formula is C14H13Cl2N3O2. The van der Waals surface area contributed by atoms with Crippen LogP contribution in [0.2, 0.25) is 10.0 Å². The molecule has 0 atom stereocenters. The maximum absolute atomic E-state index is 12.0. The van der Waals surface area contributed by atoms with Gasteiger partial charge < -0.3 is 5.32 Å². The van der Waals surface area contributed by atoms with Gasteiger partial charge in [-0.2, -0.15) is 0 Å². The molecule has 2 aromatic rings. The predicted octanol–water partition coefficient (Wildman–Crippen LogP) is 2.29. The Morgan fingerprint density at radius 1 is 1.38 bits per heavy atom. The summed E-state index contributed by atoms with van der Waals surface area (Å²) in [7, 11) is 0. The number of nitrogens with zero attached hydrogens (tertiary/aromatic N) is 2. The van der Waals surface area contributed by atoms with E-state index in [1.807, 2.05) is 0 Å². The minimum Gasteiger partial charge on any atom is -0.350 e. The number of hydrogen-bond acceptors (Lipinski definition) is 3. The highest BCUT2D eigenvalue weighted by Crippen LogP contribution is 2.20. The summed E-state index contributed by atoms with van der Waals surface area (Å²) in [4.78, 5) is 27.7. The summed E-state index contributed by atoms with van der Waals surface area (Å²) in [5.74, 6) is -0.337. The first-order valence-electron chi connectivity index (χ1n) is 6.23. The van der Waals surface area contributed by atoms with Crippen molar-refractivity contribution in [2.75, 3.05) is 6.54 Å². The third kappa shape index (κ3) is 3.83. The Labute approximate surface area is 131 Å². The van der Waals surface area contributed by atoms with E-state index in [0.29, 0.717) is 27.7 Å². The van der Waals surface area contributed by atoms with Crippen molar-refractivity contribution in [2.45, 2.75) is 13.5 Å². The number of carbonyl (C=O) groups excluding carboxylic acids is 1. The van der Waals surface area contributed by atoms with Gasteiger partial charge >= 0.3 is 0 Å². The molecule has 7 heteroatoms. The van der Waals surface area contributed by atoms with Crippen molar-refractivity contribution in [1.29, 1.82) is 0 Å². The topological polar surface area (TPSA) is 64.0 Å². The van der Waals surface area contributed by atoms with Gasteiger partial charge in [0.25, 0.3) is 11.5 Å². The molecule has 0 aliphatic rings. The lowest BCUT2D eigenvalue weighted by Gasteiger charge is -2.09. The Morgan fingerprint density at radius 3 is 2.90 bits per heavy atom. The molecule has 1 heterocycles. The zero-order valence-corrected chi connectivity index (χ0v) is 12.8. The second-order valence-electron chi connectivity index (χ2n) is 4.46. The summed E-state index contributed by atoms with van der Waals surface area (Å²) in [5.41, 5.74) is 0.737. The van der Waals surface area contributed by atoms with Gasteiger partial charge in [0.1, 0.15) is 0 Å². The van der Waals surface area contributed by atoms with Gasteiger partial charge in [0.05, 0.1) is 16.9 Å². The number of nitrogens with one attached hydrogen (secondary N) is 1. The fourth-order valence-electron chi connectivity index (χ4n) is 1.78. The van der Waals surface area contributed by atoms with Crippen LogP contribution in [0, 0.1) is 6.92 Å². The van der Waals surface area contributed by atoms with E-state index in [1.54, 1.807) is 19.1 Å². The number of amides is 1. The molecule has 1 amide bonds. The average Bonchev–Trinajstić information content (AvgIpc) is 2.46. The smallest absolute Gasteiger partial charge is 0.256 e. The van der Waals surface area contributed by atoms with E-state index in [0.717, 1.165) is 0 Å². The van der Waals surface area contributed by atoms with Gasteiger partial charge in [-0.15, -0.1) is 0 Å². The highest BCUT2D eigenvalue weighted by atomic mass is 35.5. The molecule has 1 aromatic carbocycles. The molecule has 0 aliphatic carbocycles. The largest absolute Gasteiger partial charge is 0.350 e. The summed E-state index contributed by atoms with van der Waals surface area (Å²) >= 11 is 11.8. The van der Waals surface area contributed by atoms with Crippen LogP contribution in [-0.2, 0) is 6.54 Å². The molecule has 0 fully saturated rings. The first kappa shape index (κ1) is 15.5. The van der Waals surface area contributed by atoms with Crippen molar-refractivity contribution in [3.8, 4) is 0 Å². The van der Waals surface area contributed by atoms with Crippen molar-refractivity contribution in [3.05, 3.63) is 62.2 Å². The van der Waals surface area contributed by atoms with Crippen molar-refractivity contribution in [1.82, 2.24) is 14.9 Å². The zero-order chi connectivity index (χ0) is 15.4. The van der Waals surface area contributed by atoms with Gasteiger partial charge in [0.15, 0.2) is 0 Å². The Balaban J connectivity index is 2.00. The summed E-state index contributed by atoms with van der Waals surface area (Å²) in [6.07, 6.45) is 2.94. The van der Waals surface area contributed by atoms with Crippen LogP contribution in [0.4, 0.5) is 0 Å². The molecular weight excluding hydrogens is 313 g/mol. The lowest BCUT2D eigenvalue weighted by molar-refractivity contribution is 0.0952. The van der Waals surface area contributed by atoms with Gasteiger partial charge in [0, 0.05) is 29.9 Å². The zero-order valence-electron chi connectivity index (χ0n) is 11.3. The van der Waals surface area contributed by atoms with E-state index in [-0.39, 0.29) is 18.0 Å². The fraction of sp³-hybridized carbons (Fsp3) is 0.214. The van der Waals surface area contributed by atoms with Gasteiger partial charge in [-0.3, -0.25) is 14.2 Å². The molecule has 5 nitrogen and oxygen atoms in total. The Kier molecular flexibility index (Phi) is 4.98. The van der Waals surface area contributed by atoms with Gasteiger partial charge in [-0.25, -0.2) is 4.98 Å². The van der Waals surface area contributed by atoms with Crippen LogP contribution in [0.1, 0.15) is 15.9 Å². The first-order chi connectivity index (χ1) is 9.99. The molecule has 0 spiro atoms. The van der Waals surface area contributed by atoms with Crippen LogP contribution in [0.3, 0.4) is 0 Å². The van der Waals surface area contributed by atoms with Gasteiger partial charge in [-0.1, -0.05) is 23.2 Å². The Bertz CT molecular complexity index is 728. The number of halogens is 2. The summed E-state index contributed by atoms with van der Waals surface area (Å²) in [5, 5.41) is 3.45. The van der Waals surface area contributed by atoms with Crippen molar-refractivity contribution in [3.63, 3.8) is 0 Å². The maximum atomic E-state index is 12.0. The number of benzene rings is 1. The normalized spacial score (nSPS) is 10.4. The minimum atomic E-state index is -0.337. The summed E-state index contributed by atoms with van der Waals surface area (Å²) < 4.78 is 1.44. The van der Waals surface area contributed by atoms with Crippen LogP contribution >= 0.6 is 23.2 Å². The molecule has 0 radical (unpaired) electrons. The van der Waals surface area contributed by atoms with E-state index in [4.69, 9.17) is 23.2 Å². The van der Waals surface area contributed by atoms with Crippen LogP contribution in [0.25, 0.3) is 0 Å². The van der Waals surface area contributed by atoms with Crippen molar-refractivity contribution in [2.24, 2.45) is 0 Å². The standard InChI is InChI=1S/C14H13Cl2N3O2/c1-9-7-17-8-19(14(9)21)5-4-18-13(20)11-6-10(15)2-3-12(11)16/h2-3,6-8H,4-5H2,1H3,(H,18,20). The molecule has 1 aromatic heterocycles. The molecule has 0 unspecified atom stereocenters. The molecule has 1 N–H and O–H groups in total. The second-order valence-corrected chi connectivity index (χ2v) is 5.30. The lowest BCUT2D eigenvalue weighted by Crippen LogP contribution is -2.31. The third-order valence-corrected chi connectivity index (χ3v) is 3.45. The molecule has 0 saturated heterocycles. The van der Waals surface area contributed by atoms with E-state index in [9.17, 15) is 9.59 Å². The van der Waals surface area contributed by atoms with Crippen molar-refractivity contribution < 1.29 is 4.79 Å². The minimum absolute atomic E-state index is 0.125. The van der Waals surface area contributed by atoms with E-state index in [2.05, 4.69) is 10.3 Å². The van der Waals surface area contributed by atoms with Gasteiger partial charge in [-0.05, 0) is 25.1 Å². The first-order valence-corrected chi connectivity index (χ1v) is 6.99. The second kappa shape index (κ2) is 6.74. The van der Waals surface area contributed by atoms with Crippen LogP contribution in [0.5, 0.6) is 0 Å². The Hall–Kier alpha value is -1.85. The molecule has 110 valence electrons. The molecule has 0 saturated carbocycles. The van der Waals surface area contributed by atoms with E-state index < -0.39 is 0 Å². The monoisotopic (exact) mass is 325 g/mol. The van der Waals surface area contributed by atoms with Gasteiger partial charge in [0.2, 0.25) is 0 Å². The number of carbonyl (C=O) groups is 1. The maximum Gasteiger partial charge on any atom is 0.256 e. The molecule has 0 aliphatic heterocycles. The number of aromatic nitrogens is 2. The molecule has 0 bridgehead atoms. The number of rotatable bonds is 4. The van der Waals surface area contributed by atoms with Crippen molar-refractivity contribution >= 4 is 29.1 Å². The number of hydrogen-bond donors (Lipinski definition) is 1. The predicted molar refractivity (Wildman–Crippen MR) is 82.0 cm³/mol. The highest BCUT2D eigenvalue weighted by molar-refractivity contribution is 6.35. The Morgan fingerprint density at radius 2 is 2.14 bits per heavy atom. The molecule has 2 rings (SSSR count). The van der Waals surface area contributed by atoms with E-state index in [1.165, 1.54) is 23.2 Å². The quantitative estimate of drug-likeness (QED) is 0.938. The fourth-order valence-corrected chi connectivity index (χ4v) is 2.15. The highest BCUT2D eigenvalue weighted by Gasteiger charge is 2.10. The average molecular weight is 326 g/mol. The number of aryl methyl sites for hydroxylation is 1. The summed E-state index contributed by atoms with van der Waals surface area (Å²) in [6, 6.07) is 4.67. The SMILES string of the molecule is Cc1cncn(CCNC(=O)c2cc(Cl)ccc2Cl)c1=O. The van der Waals surface area contributed by atoms with Crippen LogP contribution in [-0.4, -0.2) is 22.0 Å². The lowest BCUT2D eigenvalue weighted by atomic mass is 10.2. The van der Waals surface area contributed by atoms with Crippen LogP contribution < -0.4 is 10.9 Å². The summed E-state index contributed by atoms with van der Waals surface area (Å²) in [6.45, 7) is 2.31.